The van der Waals surface area contributed by atoms with E-state index in [1.807, 2.05) is 0 Å². The molecule has 1 atom stereocenters. The average Bonchev–Trinajstić information content (AvgIpc) is 2.37. The molecule has 0 aromatic heterocycles. The highest BCUT2D eigenvalue weighted by molar-refractivity contribution is 5.85. The van der Waals surface area contributed by atoms with Gasteiger partial charge in [0, 0.05) is 19.5 Å². The summed E-state index contributed by atoms with van der Waals surface area (Å²) in [6.07, 6.45) is 4.01. The highest BCUT2D eigenvalue weighted by atomic mass is 16.3. The molecule has 0 radical (unpaired) electrons. The summed E-state index contributed by atoms with van der Waals surface area (Å²) in [6, 6.07) is 0. The molecule has 2 N–H and O–H groups in total. The van der Waals surface area contributed by atoms with Crippen LogP contribution in [0.3, 0.4) is 0 Å². The number of hydrogen-bond donors (Lipinski definition) is 2. The summed E-state index contributed by atoms with van der Waals surface area (Å²) < 4.78 is 0. The van der Waals surface area contributed by atoms with Crippen molar-refractivity contribution in [3.8, 4) is 0 Å². The number of piperidine rings is 1. The van der Waals surface area contributed by atoms with E-state index in [1.54, 1.807) is 11.8 Å². The largest absolute Gasteiger partial charge is 0.388 e. The first-order chi connectivity index (χ1) is 9.30. The van der Waals surface area contributed by atoms with Gasteiger partial charge in [-0.25, -0.2) is 0 Å². The van der Waals surface area contributed by atoms with Gasteiger partial charge in [-0.05, 0) is 38.5 Å². The van der Waals surface area contributed by atoms with E-state index in [4.69, 9.17) is 0 Å². The Hall–Kier alpha value is -1.10. The second-order valence-corrected chi connectivity index (χ2v) is 6.48. The lowest BCUT2D eigenvalue weighted by molar-refractivity contribution is -0.138. The molecule has 2 amide bonds. The van der Waals surface area contributed by atoms with Crippen LogP contribution in [-0.2, 0) is 9.59 Å². The molecule has 0 saturated carbocycles. The molecule has 116 valence electrons. The lowest BCUT2D eigenvalue weighted by Crippen LogP contribution is -2.47. The van der Waals surface area contributed by atoms with Gasteiger partial charge in [0.15, 0.2) is 0 Å². The van der Waals surface area contributed by atoms with Crippen molar-refractivity contribution in [3.63, 3.8) is 0 Å². The molecule has 0 aromatic carbocycles. The van der Waals surface area contributed by atoms with E-state index in [9.17, 15) is 14.7 Å². The normalized spacial score (nSPS) is 19.1. The highest BCUT2D eigenvalue weighted by Gasteiger charge is 2.24. The fourth-order valence-electron chi connectivity index (χ4n) is 2.24. The zero-order valence-corrected chi connectivity index (χ0v) is 12.9. The van der Waals surface area contributed by atoms with Crippen molar-refractivity contribution in [1.82, 2.24) is 10.2 Å². The zero-order chi connectivity index (χ0) is 15.2. The number of rotatable bonds is 7. The summed E-state index contributed by atoms with van der Waals surface area (Å²) in [7, 11) is 0. The van der Waals surface area contributed by atoms with Gasteiger partial charge in [0.25, 0.3) is 0 Å². The zero-order valence-electron chi connectivity index (χ0n) is 12.9. The smallest absolute Gasteiger partial charge is 0.239 e. The van der Waals surface area contributed by atoms with Gasteiger partial charge >= 0.3 is 0 Å². The minimum absolute atomic E-state index is 0.0537. The van der Waals surface area contributed by atoms with Crippen molar-refractivity contribution in [2.45, 2.75) is 58.5 Å². The molecule has 5 heteroatoms. The van der Waals surface area contributed by atoms with Crippen LogP contribution in [0, 0.1) is 5.92 Å². The molecule has 1 aliphatic heterocycles. The van der Waals surface area contributed by atoms with Crippen molar-refractivity contribution < 1.29 is 14.7 Å². The molecule has 0 aliphatic carbocycles. The second-order valence-electron chi connectivity index (χ2n) is 6.48. The standard InChI is InChI=1S/C15H28N2O3/c1-12(2)7-8-15(3,20)11-16-13(18)10-17-9-5-4-6-14(17)19/h12,20H,4-11H2,1-3H3,(H,16,18). The van der Waals surface area contributed by atoms with Gasteiger partial charge in [0.05, 0.1) is 12.1 Å². The first kappa shape index (κ1) is 17.0. The van der Waals surface area contributed by atoms with Crippen LogP contribution in [0.1, 0.15) is 52.9 Å². The molecule has 0 spiro atoms. The molecular weight excluding hydrogens is 256 g/mol. The monoisotopic (exact) mass is 284 g/mol. The van der Waals surface area contributed by atoms with Crippen LogP contribution in [0.25, 0.3) is 0 Å². The van der Waals surface area contributed by atoms with Crippen molar-refractivity contribution in [2.75, 3.05) is 19.6 Å². The molecular formula is C15H28N2O3. The van der Waals surface area contributed by atoms with Crippen LogP contribution in [0.5, 0.6) is 0 Å². The van der Waals surface area contributed by atoms with E-state index in [2.05, 4.69) is 19.2 Å². The third-order valence-electron chi connectivity index (χ3n) is 3.68. The molecule has 1 unspecified atom stereocenters. The van der Waals surface area contributed by atoms with Gasteiger partial charge in [0.2, 0.25) is 11.8 Å². The van der Waals surface area contributed by atoms with Crippen LogP contribution in [0.2, 0.25) is 0 Å². The number of hydrogen-bond acceptors (Lipinski definition) is 3. The third-order valence-corrected chi connectivity index (χ3v) is 3.68. The fourth-order valence-corrected chi connectivity index (χ4v) is 2.24. The van der Waals surface area contributed by atoms with Crippen molar-refractivity contribution in [2.24, 2.45) is 5.92 Å². The number of aliphatic hydroxyl groups is 1. The van der Waals surface area contributed by atoms with E-state index in [0.29, 0.717) is 25.3 Å². The minimum atomic E-state index is -0.883. The van der Waals surface area contributed by atoms with Crippen LogP contribution < -0.4 is 5.32 Å². The number of carbonyl (C=O) groups is 2. The average molecular weight is 284 g/mol. The minimum Gasteiger partial charge on any atom is -0.388 e. The molecule has 20 heavy (non-hydrogen) atoms. The number of nitrogens with zero attached hydrogens (tertiary/aromatic N) is 1. The third kappa shape index (κ3) is 6.37. The summed E-state index contributed by atoms with van der Waals surface area (Å²) >= 11 is 0. The van der Waals surface area contributed by atoms with E-state index >= 15 is 0 Å². The molecule has 1 rings (SSSR count). The van der Waals surface area contributed by atoms with E-state index in [1.165, 1.54) is 0 Å². The Morgan fingerprint density at radius 1 is 1.45 bits per heavy atom. The van der Waals surface area contributed by atoms with Crippen molar-refractivity contribution in [1.29, 1.82) is 0 Å². The quantitative estimate of drug-likeness (QED) is 0.740. The second kappa shape index (κ2) is 7.62. The van der Waals surface area contributed by atoms with Crippen LogP contribution >= 0.6 is 0 Å². The maximum absolute atomic E-state index is 11.8. The number of amides is 2. The maximum Gasteiger partial charge on any atom is 0.239 e. The van der Waals surface area contributed by atoms with E-state index in [0.717, 1.165) is 19.3 Å². The Balaban J connectivity index is 2.29. The van der Waals surface area contributed by atoms with E-state index < -0.39 is 5.60 Å². The SMILES string of the molecule is CC(C)CCC(C)(O)CNC(=O)CN1CCCCC1=O. The predicted molar refractivity (Wildman–Crippen MR) is 78.1 cm³/mol. The summed E-state index contributed by atoms with van der Waals surface area (Å²) in [6.45, 7) is 6.96. The number of carbonyl (C=O) groups excluding carboxylic acids is 2. The topological polar surface area (TPSA) is 69.6 Å². The predicted octanol–water partition coefficient (Wildman–Crippen LogP) is 1.30. The molecule has 1 heterocycles. The van der Waals surface area contributed by atoms with Gasteiger partial charge in [0.1, 0.15) is 0 Å². The molecule has 1 fully saturated rings. The van der Waals surface area contributed by atoms with Gasteiger partial charge in [-0.3, -0.25) is 9.59 Å². The summed E-state index contributed by atoms with van der Waals surface area (Å²) in [5.74, 6) is 0.395. The number of nitrogens with one attached hydrogen (secondary N) is 1. The Morgan fingerprint density at radius 3 is 2.75 bits per heavy atom. The Labute approximate surface area is 121 Å². The van der Waals surface area contributed by atoms with Gasteiger partial charge in [-0.15, -0.1) is 0 Å². The highest BCUT2D eigenvalue weighted by Crippen LogP contribution is 2.15. The lowest BCUT2D eigenvalue weighted by atomic mass is 9.95. The molecule has 5 nitrogen and oxygen atoms in total. The first-order valence-corrected chi connectivity index (χ1v) is 7.57. The molecule has 1 aliphatic rings. The summed E-state index contributed by atoms with van der Waals surface area (Å²) in [5.41, 5.74) is -0.883. The van der Waals surface area contributed by atoms with Gasteiger partial charge in [-0.1, -0.05) is 13.8 Å². The van der Waals surface area contributed by atoms with Gasteiger partial charge in [-0.2, -0.15) is 0 Å². The molecule has 0 aromatic rings. The maximum atomic E-state index is 11.8. The van der Waals surface area contributed by atoms with Crippen LogP contribution in [-0.4, -0.2) is 47.1 Å². The fraction of sp³-hybridized carbons (Fsp3) is 0.867. The molecule has 0 bridgehead atoms. The van der Waals surface area contributed by atoms with Crippen LogP contribution in [0.4, 0.5) is 0 Å². The Morgan fingerprint density at radius 2 is 2.15 bits per heavy atom. The lowest BCUT2D eigenvalue weighted by Gasteiger charge is -2.28. The first-order valence-electron chi connectivity index (χ1n) is 7.57. The van der Waals surface area contributed by atoms with Crippen molar-refractivity contribution in [3.05, 3.63) is 0 Å². The van der Waals surface area contributed by atoms with Crippen molar-refractivity contribution >= 4 is 11.8 Å². The van der Waals surface area contributed by atoms with Gasteiger partial charge < -0.3 is 15.3 Å². The van der Waals surface area contributed by atoms with Crippen LogP contribution in [0.15, 0.2) is 0 Å². The Bertz CT molecular complexity index is 340. The molecule has 1 saturated heterocycles. The Kier molecular flexibility index (Phi) is 6.46. The summed E-state index contributed by atoms with van der Waals surface area (Å²) in [4.78, 5) is 25.0. The number of likely N-dealkylation sites (tertiary alicyclic amines) is 1. The van der Waals surface area contributed by atoms with E-state index in [-0.39, 0.29) is 24.9 Å². The summed E-state index contributed by atoms with van der Waals surface area (Å²) in [5, 5.41) is 12.9.